The second-order valence-electron chi connectivity index (χ2n) is 5.98. The van der Waals surface area contributed by atoms with Crippen LogP contribution in [0.15, 0.2) is 18.2 Å². The number of carboxylic acids is 1. The Labute approximate surface area is 125 Å². The Bertz CT molecular complexity index is 533. The maximum absolute atomic E-state index is 12.7. The Hall–Kier alpha value is -1.68. The molecular weight excluding hydrogens is 266 g/mol. The number of carbonyl (C=O) groups excluding carboxylic acids is 1. The quantitative estimate of drug-likeness (QED) is 0.790. The first-order valence-electron chi connectivity index (χ1n) is 7.56. The lowest BCUT2D eigenvalue weighted by atomic mass is 9.95. The standard InChI is InChI=1S/C17H23NO3/c1-11-7-8-14(12(2)9-11)17(21)15(10-16(19)20)18-13-5-3-4-6-13/h7-9,13,15,18H,3-6,10H2,1-2H3,(H,19,20). The van der Waals surface area contributed by atoms with E-state index in [1.165, 1.54) is 0 Å². The van der Waals surface area contributed by atoms with Gasteiger partial charge >= 0.3 is 5.97 Å². The topological polar surface area (TPSA) is 66.4 Å². The van der Waals surface area contributed by atoms with E-state index in [2.05, 4.69) is 5.32 Å². The summed E-state index contributed by atoms with van der Waals surface area (Å²) in [5.74, 6) is -1.05. The van der Waals surface area contributed by atoms with Crippen LogP contribution in [-0.4, -0.2) is 28.9 Å². The predicted octanol–water partition coefficient (Wildman–Crippen LogP) is 2.86. The molecule has 1 aromatic rings. The molecule has 4 nitrogen and oxygen atoms in total. The Morgan fingerprint density at radius 2 is 1.95 bits per heavy atom. The Morgan fingerprint density at radius 3 is 2.52 bits per heavy atom. The first-order chi connectivity index (χ1) is 9.97. The van der Waals surface area contributed by atoms with E-state index >= 15 is 0 Å². The summed E-state index contributed by atoms with van der Waals surface area (Å²) in [5.41, 5.74) is 2.63. The largest absolute Gasteiger partial charge is 0.481 e. The minimum Gasteiger partial charge on any atom is -0.481 e. The molecule has 114 valence electrons. The van der Waals surface area contributed by atoms with Crippen molar-refractivity contribution in [3.05, 3.63) is 34.9 Å². The van der Waals surface area contributed by atoms with Gasteiger partial charge in [-0.1, -0.05) is 36.6 Å². The normalized spacial score (nSPS) is 16.9. The van der Waals surface area contributed by atoms with Crippen LogP contribution in [0.2, 0.25) is 0 Å². The van der Waals surface area contributed by atoms with Gasteiger partial charge in [-0.15, -0.1) is 0 Å². The van der Waals surface area contributed by atoms with Gasteiger partial charge < -0.3 is 10.4 Å². The fourth-order valence-electron chi connectivity index (χ4n) is 3.06. The number of aliphatic carboxylic acids is 1. The van der Waals surface area contributed by atoms with Gasteiger partial charge in [0.2, 0.25) is 0 Å². The van der Waals surface area contributed by atoms with Crippen LogP contribution in [0.1, 0.15) is 53.6 Å². The molecular formula is C17H23NO3. The van der Waals surface area contributed by atoms with Gasteiger partial charge in [-0.05, 0) is 32.3 Å². The van der Waals surface area contributed by atoms with E-state index in [1.54, 1.807) is 6.07 Å². The smallest absolute Gasteiger partial charge is 0.305 e. The van der Waals surface area contributed by atoms with Gasteiger partial charge in [-0.25, -0.2) is 0 Å². The van der Waals surface area contributed by atoms with Crippen LogP contribution < -0.4 is 5.32 Å². The number of ketones is 1. The van der Waals surface area contributed by atoms with Crippen molar-refractivity contribution in [1.29, 1.82) is 0 Å². The second kappa shape index (κ2) is 6.85. The van der Waals surface area contributed by atoms with E-state index in [0.29, 0.717) is 5.56 Å². The fraction of sp³-hybridized carbons (Fsp3) is 0.529. The molecule has 0 amide bonds. The highest BCUT2D eigenvalue weighted by Gasteiger charge is 2.27. The lowest BCUT2D eigenvalue weighted by molar-refractivity contribution is -0.137. The molecule has 4 heteroatoms. The van der Waals surface area contributed by atoms with Crippen molar-refractivity contribution in [2.24, 2.45) is 0 Å². The maximum Gasteiger partial charge on any atom is 0.305 e. The lowest BCUT2D eigenvalue weighted by Gasteiger charge is -2.21. The third-order valence-corrected chi connectivity index (χ3v) is 4.13. The van der Waals surface area contributed by atoms with Gasteiger partial charge in [0.1, 0.15) is 0 Å². The molecule has 1 fully saturated rings. The van der Waals surface area contributed by atoms with Crippen molar-refractivity contribution < 1.29 is 14.7 Å². The number of hydrogen-bond acceptors (Lipinski definition) is 3. The van der Waals surface area contributed by atoms with E-state index in [4.69, 9.17) is 5.11 Å². The molecule has 0 aliphatic heterocycles. The summed E-state index contributed by atoms with van der Waals surface area (Å²) in [6, 6.07) is 5.29. The average molecular weight is 289 g/mol. The Morgan fingerprint density at radius 1 is 1.29 bits per heavy atom. The number of carbonyl (C=O) groups is 2. The Kier molecular flexibility index (Phi) is 5.12. The number of nitrogens with one attached hydrogen (secondary N) is 1. The first kappa shape index (κ1) is 15.7. The number of aryl methyl sites for hydroxylation is 2. The molecule has 1 atom stereocenters. The summed E-state index contributed by atoms with van der Waals surface area (Å²) in [4.78, 5) is 23.7. The van der Waals surface area contributed by atoms with Crippen molar-refractivity contribution >= 4 is 11.8 Å². The minimum atomic E-state index is -0.941. The van der Waals surface area contributed by atoms with Gasteiger partial charge in [-0.2, -0.15) is 0 Å². The van der Waals surface area contributed by atoms with Gasteiger partial charge in [0.05, 0.1) is 12.5 Å². The highest BCUT2D eigenvalue weighted by Crippen LogP contribution is 2.20. The van der Waals surface area contributed by atoms with Crippen molar-refractivity contribution in [3.8, 4) is 0 Å². The van der Waals surface area contributed by atoms with E-state index in [0.717, 1.165) is 36.8 Å². The molecule has 2 N–H and O–H groups in total. The summed E-state index contributed by atoms with van der Waals surface area (Å²) >= 11 is 0. The van der Waals surface area contributed by atoms with E-state index in [-0.39, 0.29) is 18.2 Å². The molecule has 1 unspecified atom stereocenters. The van der Waals surface area contributed by atoms with Gasteiger partial charge in [0.25, 0.3) is 0 Å². The number of hydrogen-bond donors (Lipinski definition) is 2. The molecule has 1 aliphatic carbocycles. The van der Waals surface area contributed by atoms with Crippen LogP contribution in [-0.2, 0) is 4.79 Å². The Balaban J connectivity index is 2.17. The summed E-state index contributed by atoms with van der Waals surface area (Å²) in [6.07, 6.45) is 4.18. The van der Waals surface area contributed by atoms with Gasteiger partial charge in [0, 0.05) is 11.6 Å². The van der Waals surface area contributed by atoms with Crippen molar-refractivity contribution in [2.75, 3.05) is 0 Å². The van der Waals surface area contributed by atoms with Crippen molar-refractivity contribution in [3.63, 3.8) is 0 Å². The molecule has 2 rings (SSSR count). The van der Waals surface area contributed by atoms with Crippen molar-refractivity contribution in [1.82, 2.24) is 5.32 Å². The molecule has 0 spiro atoms. The van der Waals surface area contributed by atoms with Gasteiger partial charge in [0.15, 0.2) is 5.78 Å². The second-order valence-corrected chi connectivity index (χ2v) is 5.98. The first-order valence-corrected chi connectivity index (χ1v) is 7.56. The zero-order chi connectivity index (χ0) is 15.4. The van der Waals surface area contributed by atoms with Crippen LogP contribution in [0, 0.1) is 13.8 Å². The highest BCUT2D eigenvalue weighted by atomic mass is 16.4. The average Bonchev–Trinajstić information content (AvgIpc) is 2.89. The fourth-order valence-corrected chi connectivity index (χ4v) is 3.06. The van der Waals surface area contributed by atoms with E-state index < -0.39 is 12.0 Å². The lowest BCUT2D eigenvalue weighted by Crippen LogP contribution is -2.43. The summed E-state index contributed by atoms with van der Waals surface area (Å²) in [7, 11) is 0. The van der Waals surface area contributed by atoms with Crippen LogP contribution in [0.4, 0.5) is 0 Å². The highest BCUT2D eigenvalue weighted by molar-refractivity contribution is 6.02. The number of carboxylic acid groups (broad SMARTS) is 1. The van der Waals surface area contributed by atoms with Crippen LogP contribution >= 0.6 is 0 Å². The molecule has 0 bridgehead atoms. The van der Waals surface area contributed by atoms with Gasteiger partial charge in [-0.3, -0.25) is 9.59 Å². The SMILES string of the molecule is Cc1ccc(C(=O)C(CC(=O)O)NC2CCCC2)c(C)c1. The third kappa shape index (κ3) is 4.14. The number of Topliss-reactive ketones (excluding diaryl/α,β-unsaturated/α-hetero) is 1. The molecule has 1 aliphatic rings. The molecule has 0 radical (unpaired) electrons. The predicted molar refractivity (Wildman–Crippen MR) is 81.7 cm³/mol. The molecule has 1 aromatic carbocycles. The van der Waals surface area contributed by atoms with Crippen LogP contribution in [0.3, 0.4) is 0 Å². The maximum atomic E-state index is 12.7. The van der Waals surface area contributed by atoms with Crippen LogP contribution in [0.5, 0.6) is 0 Å². The molecule has 21 heavy (non-hydrogen) atoms. The van der Waals surface area contributed by atoms with E-state index in [9.17, 15) is 9.59 Å². The molecule has 0 saturated heterocycles. The zero-order valence-corrected chi connectivity index (χ0v) is 12.7. The summed E-state index contributed by atoms with van der Waals surface area (Å²) in [6.45, 7) is 3.88. The molecule has 0 heterocycles. The zero-order valence-electron chi connectivity index (χ0n) is 12.7. The monoisotopic (exact) mass is 289 g/mol. The van der Waals surface area contributed by atoms with E-state index in [1.807, 2.05) is 26.0 Å². The minimum absolute atomic E-state index is 0.109. The summed E-state index contributed by atoms with van der Waals surface area (Å²) < 4.78 is 0. The number of rotatable bonds is 6. The molecule has 0 aromatic heterocycles. The third-order valence-electron chi connectivity index (χ3n) is 4.13. The van der Waals surface area contributed by atoms with Crippen molar-refractivity contribution in [2.45, 2.75) is 58.0 Å². The van der Waals surface area contributed by atoms with Crippen LogP contribution in [0.25, 0.3) is 0 Å². The summed E-state index contributed by atoms with van der Waals surface area (Å²) in [5, 5.41) is 12.3. The molecule has 1 saturated carbocycles. The number of benzene rings is 1.